The molecule has 0 unspecified atom stereocenters. The number of carbonyl (C=O) groups is 1. The van der Waals surface area contributed by atoms with Gasteiger partial charge in [-0.15, -0.1) is 0 Å². The van der Waals surface area contributed by atoms with Crippen molar-refractivity contribution >= 4 is 5.97 Å². The molecule has 0 radical (unpaired) electrons. The van der Waals surface area contributed by atoms with Gasteiger partial charge in [-0.05, 0) is 22.8 Å². The molecule has 1 heterocycles. The van der Waals surface area contributed by atoms with Gasteiger partial charge >= 0.3 is 5.97 Å². The lowest BCUT2D eigenvalue weighted by Gasteiger charge is -2.12. The lowest BCUT2D eigenvalue weighted by Crippen LogP contribution is -2.09. The van der Waals surface area contributed by atoms with Gasteiger partial charge in [-0.25, -0.2) is 4.79 Å². The van der Waals surface area contributed by atoms with E-state index in [4.69, 9.17) is 0 Å². The predicted octanol–water partition coefficient (Wildman–Crippen LogP) is 3.30. The zero-order chi connectivity index (χ0) is 14.7. The molecule has 4 nitrogen and oxygen atoms in total. The molecular weight excluding hydrogens is 264 g/mol. The molecule has 1 aromatic heterocycles. The third kappa shape index (κ3) is 2.69. The molecule has 0 aliphatic carbocycles. The number of carboxylic acids is 1. The van der Waals surface area contributed by atoms with Crippen LogP contribution in [-0.4, -0.2) is 20.9 Å². The lowest BCUT2D eigenvalue weighted by atomic mass is 9.95. The molecule has 0 bridgehead atoms. The Morgan fingerprint density at radius 3 is 2.52 bits per heavy atom. The minimum absolute atomic E-state index is 0.333. The summed E-state index contributed by atoms with van der Waals surface area (Å²) in [5, 5.41) is 13.7. The fourth-order valence-corrected chi connectivity index (χ4v) is 2.41. The lowest BCUT2D eigenvalue weighted by molar-refractivity contribution is 0.0696. The molecule has 0 aliphatic rings. The topological polar surface area (TPSA) is 55.1 Å². The summed E-state index contributed by atoms with van der Waals surface area (Å²) in [4.78, 5) is 11.7. The average Bonchev–Trinajstić information content (AvgIpc) is 3.00. The number of rotatable bonds is 4. The Morgan fingerprint density at radius 2 is 1.86 bits per heavy atom. The number of nitrogens with zero attached hydrogens (tertiary/aromatic N) is 2. The third-order valence-electron chi connectivity index (χ3n) is 3.34. The van der Waals surface area contributed by atoms with Gasteiger partial charge in [-0.1, -0.05) is 48.5 Å². The first kappa shape index (κ1) is 13.1. The van der Waals surface area contributed by atoms with Crippen LogP contribution < -0.4 is 0 Å². The van der Waals surface area contributed by atoms with E-state index in [1.807, 2.05) is 60.8 Å². The summed E-state index contributed by atoms with van der Waals surface area (Å²) < 4.78 is 1.72. The molecule has 0 saturated heterocycles. The van der Waals surface area contributed by atoms with E-state index in [0.717, 1.165) is 16.7 Å². The number of aromatic nitrogens is 2. The highest BCUT2D eigenvalue weighted by atomic mass is 16.4. The molecule has 104 valence electrons. The van der Waals surface area contributed by atoms with Gasteiger partial charge in [0, 0.05) is 12.4 Å². The van der Waals surface area contributed by atoms with E-state index >= 15 is 0 Å². The van der Waals surface area contributed by atoms with E-state index in [-0.39, 0.29) is 0 Å². The van der Waals surface area contributed by atoms with Gasteiger partial charge in [0.05, 0.1) is 12.1 Å². The van der Waals surface area contributed by atoms with E-state index in [2.05, 4.69) is 5.10 Å². The first-order valence-corrected chi connectivity index (χ1v) is 6.64. The van der Waals surface area contributed by atoms with Gasteiger partial charge < -0.3 is 5.11 Å². The summed E-state index contributed by atoms with van der Waals surface area (Å²) in [6.07, 6.45) is 3.50. The maximum atomic E-state index is 11.7. The minimum atomic E-state index is -0.920. The zero-order valence-corrected chi connectivity index (χ0v) is 11.3. The number of aromatic carboxylic acids is 1. The average molecular weight is 278 g/mol. The standard InChI is InChI=1S/C17H14N2O2/c20-17(21)16-14(12-19-11-5-10-18-19)8-4-9-15(16)13-6-2-1-3-7-13/h1-11H,12H2,(H,20,21). The summed E-state index contributed by atoms with van der Waals surface area (Å²) in [6.45, 7) is 0.440. The van der Waals surface area contributed by atoms with Crippen molar-refractivity contribution in [2.75, 3.05) is 0 Å². The van der Waals surface area contributed by atoms with Gasteiger partial charge in [0.25, 0.3) is 0 Å². The summed E-state index contributed by atoms with van der Waals surface area (Å²) in [6, 6.07) is 16.9. The molecule has 2 aromatic carbocycles. The molecule has 0 aliphatic heterocycles. The van der Waals surface area contributed by atoms with Crippen molar-refractivity contribution in [2.45, 2.75) is 6.54 Å². The summed E-state index contributed by atoms with van der Waals surface area (Å²) in [5.74, 6) is -0.920. The summed E-state index contributed by atoms with van der Waals surface area (Å²) in [5.41, 5.74) is 2.71. The molecule has 0 fully saturated rings. The van der Waals surface area contributed by atoms with Crippen LogP contribution in [-0.2, 0) is 6.54 Å². The normalized spacial score (nSPS) is 10.5. The Hall–Kier alpha value is -2.88. The van der Waals surface area contributed by atoms with Gasteiger partial charge in [-0.3, -0.25) is 4.68 Å². The van der Waals surface area contributed by atoms with Crippen LogP contribution in [0.5, 0.6) is 0 Å². The van der Waals surface area contributed by atoms with E-state index in [9.17, 15) is 9.90 Å². The van der Waals surface area contributed by atoms with Crippen LogP contribution in [0.1, 0.15) is 15.9 Å². The highest BCUT2D eigenvalue weighted by molar-refractivity contribution is 5.97. The SMILES string of the molecule is O=C(O)c1c(Cn2cccn2)cccc1-c1ccccc1. The number of hydrogen-bond acceptors (Lipinski definition) is 2. The van der Waals surface area contributed by atoms with Crippen LogP contribution in [0.2, 0.25) is 0 Å². The van der Waals surface area contributed by atoms with Gasteiger partial charge in [0.15, 0.2) is 0 Å². The van der Waals surface area contributed by atoms with E-state index in [1.165, 1.54) is 0 Å². The quantitative estimate of drug-likeness (QED) is 0.796. The van der Waals surface area contributed by atoms with Gasteiger partial charge in [0.1, 0.15) is 0 Å². The molecule has 0 saturated carbocycles. The molecule has 4 heteroatoms. The highest BCUT2D eigenvalue weighted by Gasteiger charge is 2.16. The Bertz CT molecular complexity index is 750. The number of hydrogen-bond donors (Lipinski definition) is 1. The number of carboxylic acid groups (broad SMARTS) is 1. The van der Waals surface area contributed by atoms with Crippen molar-refractivity contribution in [3.63, 3.8) is 0 Å². The largest absolute Gasteiger partial charge is 0.478 e. The van der Waals surface area contributed by atoms with Crippen LogP contribution in [0.3, 0.4) is 0 Å². The van der Waals surface area contributed by atoms with Crippen molar-refractivity contribution in [3.05, 3.63) is 78.1 Å². The van der Waals surface area contributed by atoms with Crippen LogP contribution in [0.25, 0.3) is 11.1 Å². The summed E-state index contributed by atoms with van der Waals surface area (Å²) in [7, 11) is 0. The maximum absolute atomic E-state index is 11.7. The van der Waals surface area contributed by atoms with Crippen LogP contribution in [0.15, 0.2) is 67.0 Å². The van der Waals surface area contributed by atoms with E-state index < -0.39 is 5.97 Å². The molecule has 3 rings (SSSR count). The molecule has 21 heavy (non-hydrogen) atoms. The molecule has 0 spiro atoms. The second kappa shape index (κ2) is 5.63. The number of benzene rings is 2. The van der Waals surface area contributed by atoms with Crippen molar-refractivity contribution < 1.29 is 9.90 Å². The highest BCUT2D eigenvalue weighted by Crippen LogP contribution is 2.26. The van der Waals surface area contributed by atoms with Crippen LogP contribution in [0, 0.1) is 0 Å². The summed E-state index contributed by atoms with van der Waals surface area (Å²) >= 11 is 0. The third-order valence-corrected chi connectivity index (χ3v) is 3.34. The second-order valence-corrected chi connectivity index (χ2v) is 4.71. The maximum Gasteiger partial charge on any atom is 0.336 e. The Morgan fingerprint density at radius 1 is 1.05 bits per heavy atom. The molecule has 3 aromatic rings. The van der Waals surface area contributed by atoms with Crippen molar-refractivity contribution in [1.82, 2.24) is 9.78 Å². The predicted molar refractivity (Wildman–Crippen MR) is 80.2 cm³/mol. The molecule has 0 atom stereocenters. The van der Waals surface area contributed by atoms with Crippen LogP contribution in [0.4, 0.5) is 0 Å². The molecular formula is C17H14N2O2. The molecule has 0 amide bonds. The second-order valence-electron chi connectivity index (χ2n) is 4.71. The van der Waals surface area contributed by atoms with Crippen molar-refractivity contribution in [1.29, 1.82) is 0 Å². The smallest absolute Gasteiger partial charge is 0.336 e. The monoisotopic (exact) mass is 278 g/mol. The van der Waals surface area contributed by atoms with Crippen molar-refractivity contribution in [2.24, 2.45) is 0 Å². The zero-order valence-electron chi connectivity index (χ0n) is 11.3. The minimum Gasteiger partial charge on any atom is -0.478 e. The van der Waals surface area contributed by atoms with Crippen molar-refractivity contribution in [3.8, 4) is 11.1 Å². The fourth-order valence-electron chi connectivity index (χ4n) is 2.41. The first-order valence-electron chi connectivity index (χ1n) is 6.64. The Labute approximate surface area is 122 Å². The van der Waals surface area contributed by atoms with Gasteiger partial charge in [-0.2, -0.15) is 5.10 Å². The van der Waals surface area contributed by atoms with E-state index in [0.29, 0.717) is 12.1 Å². The molecule has 1 N–H and O–H groups in total. The first-order chi connectivity index (χ1) is 10.3. The Balaban J connectivity index is 2.11. The van der Waals surface area contributed by atoms with Gasteiger partial charge in [0.2, 0.25) is 0 Å². The van der Waals surface area contributed by atoms with Crippen LogP contribution >= 0.6 is 0 Å². The fraction of sp³-hybridized carbons (Fsp3) is 0.0588. The van der Waals surface area contributed by atoms with E-state index in [1.54, 1.807) is 10.9 Å². The Kier molecular flexibility index (Phi) is 3.51.